The lowest BCUT2D eigenvalue weighted by molar-refractivity contribution is -0.154. The van der Waals surface area contributed by atoms with Gasteiger partial charge in [-0.3, -0.25) is 23.9 Å². The number of esters is 1. The van der Waals surface area contributed by atoms with Gasteiger partial charge in [0.1, 0.15) is 18.0 Å². The lowest BCUT2D eigenvalue weighted by Crippen LogP contribution is -2.49. The minimum Gasteiger partial charge on any atom is -0.492 e. The van der Waals surface area contributed by atoms with E-state index in [1.54, 1.807) is 13.0 Å². The smallest absolute Gasteiger partial charge is 0.306 e. The lowest BCUT2D eigenvalue weighted by atomic mass is 9.77. The number of allylic oxidation sites excluding steroid dienone is 1. The summed E-state index contributed by atoms with van der Waals surface area (Å²) in [6.45, 7) is 15.8. The van der Waals surface area contributed by atoms with Crippen LogP contribution in [-0.4, -0.2) is 113 Å². The molecule has 3 aliphatic heterocycles. The molecule has 3 aliphatic carbocycles. The molecule has 2 amide bonds. The number of ketones is 1. The van der Waals surface area contributed by atoms with Gasteiger partial charge in [-0.1, -0.05) is 51.8 Å². The second-order valence-corrected chi connectivity index (χ2v) is 23.6. The fourth-order valence-corrected chi connectivity index (χ4v) is 11.6. The van der Waals surface area contributed by atoms with E-state index in [1.165, 1.54) is 4.90 Å². The van der Waals surface area contributed by atoms with Crippen LogP contribution in [0.1, 0.15) is 124 Å². The number of nitrogens with one attached hydrogen (secondary N) is 1. The van der Waals surface area contributed by atoms with Crippen molar-refractivity contribution in [2.75, 3.05) is 32.8 Å². The minimum absolute atomic E-state index is 0.0299. The Morgan fingerprint density at radius 2 is 1.84 bits per heavy atom. The molecule has 1 aromatic carbocycles. The molecular weight excluding hydrogens is 837 g/mol. The molecule has 1 aromatic heterocycles. The molecule has 2 bridgehead atoms. The van der Waals surface area contributed by atoms with E-state index in [2.05, 4.69) is 16.2 Å². The SMILES string of the molecule is C=C[C@@H]1C[C@]1(CC(=O)[C@@H]1C[C@@H]2CN1C(=O)[C@H](C(C)(C)C)CC(=O)O[C@@H]1C[C@H]1CCCCCc1c(nc3ccccc3c1OCCCN1CCC(C)(O)C1)O2)C(=O)NS(=O)(=O)C1(C)CC1. The maximum absolute atomic E-state index is 15.0. The predicted octanol–water partition coefficient (Wildman–Crippen LogP) is 6.06. The van der Waals surface area contributed by atoms with Gasteiger partial charge in [-0.15, -0.1) is 6.58 Å². The number of rotatable bonds is 12. The molecule has 8 rings (SSSR count). The van der Waals surface area contributed by atoms with Crippen molar-refractivity contribution in [2.24, 2.45) is 28.6 Å². The molecule has 0 spiro atoms. The van der Waals surface area contributed by atoms with Gasteiger partial charge in [-0.25, -0.2) is 13.4 Å². The number of nitrogens with zero attached hydrogens (tertiary/aromatic N) is 3. The van der Waals surface area contributed by atoms with E-state index in [4.69, 9.17) is 19.2 Å². The molecule has 350 valence electrons. The second-order valence-electron chi connectivity index (χ2n) is 21.4. The van der Waals surface area contributed by atoms with Crippen molar-refractivity contribution in [3.8, 4) is 11.6 Å². The van der Waals surface area contributed by atoms with Crippen LogP contribution in [-0.2, 0) is 40.4 Å². The Kier molecular flexibility index (Phi) is 12.8. The summed E-state index contributed by atoms with van der Waals surface area (Å²) in [6, 6.07) is 6.77. The van der Waals surface area contributed by atoms with E-state index < -0.39 is 67.1 Å². The van der Waals surface area contributed by atoms with Crippen molar-refractivity contribution in [2.45, 2.75) is 153 Å². The normalized spacial score (nSPS) is 32.0. The molecule has 64 heavy (non-hydrogen) atoms. The number of aromatic nitrogens is 1. The first-order valence-electron chi connectivity index (χ1n) is 23.6. The first-order chi connectivity index (χ1) is 30.2. The highest BCUT2D eigenvalue weighted by molar-refractivity contribution is 7.91. The summed E-state index contributed by atoms with van der Waals surface area (Å²) in [7, 11) is -3.97. The molecule has 1 unspecified atom stereocenters. The summed E-state index contributed by atoms with van der Waals surface area (Å²) in [5, 5.41) is 11.4. The van der Waals surface area contributed by atoms with Gasteiger partial charge in [0.2, 0.25) is 27.7 Å². The number of hydrogen-bond acceptors (Lipinski definition) is 12. The zero-order valence-electron chi connectivity index (χ0n) is 38.4. The Morgan fingerprint density at radius 1 is 1.08 bits per heavy atom. The number of pyridine rings is 1. The van der Waals surface area contributed by atoms with Crippen LogP contribution in [0.3, 0.4) is 0 Å². The van der Waals surface area contributed by atoms with Crippen molar-refractivity contribution in [3.05, 3.63) is 42.5 Å². The Balaban J connectivity index is 1.11. The van der Waals surface area contributed by atoms with E-state index in [9.17, 15) is 32.7 Å². The van der Waals surface area contributed by atoms with Gasteiger partial charge >= 0.3 is 5.97 Å². The highest BCUT2D eigenvalue weighted by atomic mass is 32.2. The highest BCUT2D eigenvalue weighted by Crippen LogP contribution is 2.57. The number of carbonyl (C=O) groups is 4. The third-order valence-electron chi connectivity index (χ3n) is 15.0. The van der Waals surface area contributed by atoms with Crippen LogP contribution in [0.2, 0.25) is 0 Å². The monoisotopic (exact) mass is 904 g/mol. The van der Waals surface area contributed by atoms with Gasteiger partial charge in [-0.05, 0) is 101 Å². The molecule has 4 heterocycles. The van der Waals surface area contributed by atoms with E-state index in [0.717, 1.165) is 69.0 Å². The zero-order chi connectivity index (χ0) is 45.8. The molecule has 14 nitrogen and oxygen atoms in total. The van der Waals surface area contributed by atoms with Crippen molar-refractivity contribution in [1.29, 1.82) is 0 Å². The molecule has 3 saturated carbocycles. The van der Waals surface area contributed by atoms with Crippen LogP contribution in [0.4, 0.5) is 0 Å². The van der Waals surface area contributed by atoms with Crippen molar-refractivity contribution in [3.63, 3.8) is 0 Å². The molecule has 2 N–H and O–H groups in total. The number of Topliss-reactive ketones (excluding diaryl/α,β-unsaturated/α-hetero) is 1. The second kappa shape index (κ2) is 17.6. The number of para-hydroxylation sites is 1. The topological polar surface area (TPSA) is 182 Å². The molecular formula is C49H68N4O10S. The molecule has 5 fully saturated rings. The Bertz CT molecular complexity index is 2270. The zero-order valence-corrected chi connectivity index (χ0v) is 39.2. The van der Waals surface area contributed by atoms with Gasteiger partial charge in [0, 0.05) is 37.9 Å². The first-order valence-corrected chi connectivity index (χ1v) is 25.1. The Labute approximate surface area is 378 Å². The number of aliphatic hydroxyl groups is 1. The molecule has 8 atom stereocenters. The number of fused-ring (bicyclic) bond motifs is 5. The first kappa shape index (κ1) is 46.4. The van der Waals surface area contributed by atoms with Crippen LogP contribution < -0.4 is 14.2 Å². The third kappa shape index (κ3) is 9.87. The van der Waals surface area contributed by atoms with Crippen molar-refractivity contribution in [1.82, 2.24) is 19.5 Å². The van der Waals surface area contributed by atoms with Crippen molar-refractivity contribution < 1.29 is 46.9 Å². The van der Waals surface area contributed by atoms with E-state index >= 15 is 0 Å². The molecule has 2 aromatic rings. The fraction of sp³-hybridized carbons (Fsp3) is 0.694. The van der Waals surface area contributed by atoms with Crippen LogP contribution in [0.5, 0.6) is 11.6 Å². The summed E-state index contributed by atoms with van der Waals surface area (Å²) >= 11 is 0. The number of β-amino-alcohol motifs (C(OH)–C–C–N with tert-alkyl or cyclic N) is 1. The third-order valence-corrected chi connectivity index (χ3v) is 17.2. The standard InChI is InChI=1S/C49H68N4O10S/c1-7-32-27-49(32,45(57)51-64(59,60)48(6)18-19-48)28-39(54)38-25-33-29-53(38)44(56)36(46(2,3)4)26-41(55)63-40-24-31(40)14-9-8-10-16-35-42(34-15-11-12-17-37(34)50-43(35)62-33)61-23-13-21-52-22-20-47(5,58)30-52/h7,11-12,15,17,31-33,36,38,40,58H,1,8-10,13-14,16,18-30H2,2-6H3,(H,51,57)/t31-,32-,33-,36-,38+,40-,47?,49-/m1/s1. The quantitative estimate of drug-likeness (QED) is 0.143. The summed E-state index contributed by atoms with van der Waals surface area (Å²) in [5.74, 6) is -1.80. The van der Waals surface area contributed by atoms with Gasteiger partial charge in [0.15, 0.2) is 5.78 Å². The number of ether oxygens (including phenoxy) is 3. The lowest BCUT2D eigenvalue weighted by Gasteiger charge is -2.34. The fourth-order valence-electron chi connectivity index (χ4n) is 10.3. The number of benzene rings is 1. The van der Waals surface area contributed by atoms with E-state index in [-0.39, 0.29) is 55.9 Å². The van der Waals surface area contributed by atoms with Crippen LogP contribution in [0.25, 0.3) is 10.9 Å². The summed E-state index contributed by atoms with van der Waals surface area (Å²) in [5.41, 5.74) is -1.17. The van der Waals surface area contributed by atoms with Gasteiger partial charge < -0.3 is 29.1 Å². The predicted molar refractivity (Wildman–Crippen MR) is 241 cm³/mol. The average Bonchev–Trinajstić information content (AvgIpc) is 4.19. The number of likely N-dealkylation sites (tertiary alicyclic amines) is 1. The molecule has 15 heteroatoms. The van der Waals surface area contributed by atoms with Crippen molar-refractivity contribution >= 4 is 44.5 Å². The van der Waals surface area contributed by atoms with Gasteiger partial charge in [0.05, 0.1) is 58.4 Å². The van der Waals surface area contributed by atoms with Gasteiger partial charge in [0.25, 0.3) is 0 Å². The largest absolute Gasteiger partial charge is 0.492 e. The van der Waals surface area contributed by atoms with Crippen LogP contribution in [0, 0.1) is 28.6 Å². The minimum atomic E-state index is -3.97. The Morgan fingerprint density at radius 3 is 2.53 bits per heavy atom. The number of amides is 2. The maximum Gasteiger partial charge on any atom is 0.306 e. The average molecular weight is 905 g/mol. The molecule has 0 radical (unpaired) electrons. The van der Waals surface area contributed by atoms with E-state index in [0.29, 0.717) is 49.6 Å². The van der Waals surface area contributed by atoms with Crippen LogP contribution >= 0.6 is 0 Å². The van der Waals surface area contributed by atoms with Crippen LogP contribution in [0.15, 0.2) is 36.9 Å². The summed E-state index contributed by atoms with van der Waals surface area (Å²) in [4.78, 5) is 66.0. The van der Waals surface area contributed by atoms with Gasteiger partial charge in [-0.2, -0.15) is 0 Å². The molecule has 2 saturated heterocycles. The summed E-state index contributed by atoms with van der Waals surface area (Å²) in [6.07, 6.45) is 8.13. The maximum atomic E-state index is 15.0. The Hall–Kier alpha value is -4.08. The number of sulfonamides is 1. The number of hydrogen-bond donors (Lipinski definition) is 2. The number of carbonyl (C=O) groups excluding carboxylic acids is 4. The van der Waals surface area contributed by atoms with E-state index in [1.807, 2.05) is 52.0 Å². The summed E-state index contributed by atoms with van der Waals surface area (Å²) < 4.78 is 47.3. The highest BCUT2D eigenvalue weighted by Gasteiger charge is 2.62. The molecule has 6 aliphatic rings.